The van der Waals surface area contributed by atoms with Crippen LogP contribution in [0, 0.1) is 0 Å². The Morgan fingerprint density at radius 2 is 1.95 bits per heavy atom. The lowest BCUT2D eigenvalue weighted by molar-refractivity contribution is 0.0698. The van der Waals surface area contributed by atoms with E-state index in [0.29, 0.717) is 0 Å². The van der Waals surface area contributed by atoms with Crippen LogP contribution in [0.15, 0.2) is 30.6 Å². The SMILES string of the molecule is O=C(Nc1c(Cl)cccc1C(=O)O)c1cncc(Cl)n1. The number of amides is 1. The molecule has 2 rings (SSSR count). The van der Waals surface area contributed by atoms with Crippen molar-refractivity contribution >= 4 is 40.8 Å². The lowest BCUT2D eigenvalue weighted by Crippen LogP contribution is -2.16. The van der Waals surface area contributed by atoms with E-state index >= 15 is 0 Å². The van der Waals surface area contributed by atoms with E-state index in [0.717, 1.165) is 0 Å². The zero-order valence-electron chi connectivity index (χ0n) is 9.80. The van der Waals surface area contributed by atoms with E-state index in [2.05, 4.69) is 15.3 Å². The highest BCUT2D eigenvalue weighted by Crippen LogP contribution is 2.26. The van der Waals surface area contributed by atoms with E-state index in [-0.39, 0.29) is 27.1 Å². The Morgan fingerprint density at radius 1 is 1.20 bits per heavy atom. The maximum absolute atomic E-state index is 12.0. The smallest absolute Gasteiger partial charge is 0.337 e. The molecule has 0 bridgehead atoms. The van der Waals surface area contributed by atoms with Crippen LogP contribution in [0.2, 0.25) is 10.2 Å². The molecule has 0 fully saturated rings. The number of carbonyl (C=O) groups is 2. The van der Waals surface area contributed by atoms with Crippen LogP contribution in [0.5, 0.6) is 0 Å². The molecule has 0 unspecified atom stereocenters. The predicted molar refractivity (Wildman–Crippen MR) is 73.4 cm³/mol. The summed E-state index contributed by atoms with van der Waals surface area (Å²) < 4.78 is 0. The predicted octanol–water partition coefficient (Wildman–Crippen LogP) is 2.73. The fraction of sp³-hybridized carbons (Fsp3) is 0. The first-order valence-electron chi connectivity index (χ1n) is 5.29. The summed E-state index contributed by atoms with van der Waals surface area (Å²) in [6.45, 7) is 0. The van der Waals surface area contributed by atoms with Gasteiger partial charge in [0.25, 0.3) is 5.91 Å². The van der Waals surface area contributed by atoms with E-state index in [9.17, 15) is 9.59 Å². The van der Waals surface area contributed by atoms with Gasteiger partial charge in [0.05, 0.1) is 28.7 Å². The second kappa shape index (κ2) is 5.85. The van der Waals surface area contributed by atoms with Gasteiger partial charge in [-0.1, -0.05) is 29.3 Å². The lowest BCUT2D eigenvalue weighted by Gasteiger charge is -2.09. The Morgan fingerprint density at radius 3 is 2.60 bits per heavy atom. The summed E-state index contributed by atoms with van der Waals surface area (Å²) in [6.07, 6.45) is 2.48. The number of para-hydroxylation sites is 1. The van der Waals surface area contributed by atoms with Crippen molar-refractivity contribution in [2.75, 3.05) is 5.32 Å². The maximum Gasteiger partial charge on any atom is 0.337 e. The number of aromatic carboxylic acids is 1. The first kappa shape index (κ1) is 14.2. The van der Waals surface area contributed by atoms with Crippen molar-refractivity contribution in [2.24, 2.45) is 0 Å². The molecule has 20 heavy (non-hydrogen) atoms. The highest BCUT2D eigenvalue weighted by atomic mass is 35.5. The second-order valence-electron chi connectivity index (χ2n) is 3.65. The van der Waals surface area contributed by atoms with Gasteiger partial charge in [0, 0.05) is 0 Å². The molecule has 1 aromatic heterocycles. The van der Waals surface area contributed by atoms with Crippen molar-refractivity contribution in [1.82, 2.24) is 9.97 Å². The molecule has 0 aliphatic heterocycles. The summed E-state index contributed by atoms with van der Waals surface area (Å²) in [4.78, 5) is 30.6. The number of carboxylic acid groups (broad SMARTS) is 1. The molecule has 0 saturated carbocycles. The van der Waals surface area contributed by atoms with E-state index in [1.54, 1.807) is 0 Å². The van der Waals surface area contributed by atoms with Gasteiger partial charge in [-0.15, -0.1) is 0 Å². The third kappa shape index (κ3) is 3.04. The molecule has 1 aromatic carbocycles. The molecular weight excluding hydrogens is 305 g/mol. The first-order valence-corrected chi connectivity index (χ1v) is 6.05. The highest BCUT2D eigenvalue weighted by molar-refractivity contribution is 6.35. The zero-order chi connectivity index (χ0) is 14.7. The number of hydrogen-bond acceptors (Lipinski definition) is 4. The molecular formula is C12H7Cl2N3O3. The van der Waals surface area contributed by atoms with Gasteiger partial charge in [-0.05, 0) is 12.1 Å². The molecule has 8 heteroatoms. The van der Waals surface area contributed by atoms with Gasteiger partial charge in [-0.25, -0.2) is 9.78 Å². The maximum atomic E-state index is 12.0. The first-order chi connectivity index (χ1) is 9.49. The topological polar surface area (TPSA) is 92.2 Å². The van der Waals surface area contributed by atoms with Crippen molar-refractivity contribution in [3.05, 3.63) is 52.0 Å². The fourth-order valence-electron chi connectivity index (χ4n) is 1.46. The molecule has 0 spiro atoms. The van der Waals surface area contributed by atoms with Gasteiger partial charge < -0.3 is 10.4 Å². The van der Waals surface area contributed by atoms with Gasteiger partial charge in [0.2, 0.25) is 0 Å². The number of nitrogens with zero attached hydrogens (tertiary/aromatic N) is 2. The van der Waals surface area contributed by atoms with Crippen LogP contribution in [-0.2, 0) is 0 Å². The number of carboxylic acids is 1. The molecule has 6 nitrogen and oxygen atoms in total. The molecule has 1 heterocycles. The fourth-order valence-corrected chi connectivity index (χ4v) is 1.83. The molecule has 2 aromatic rings. The Balaban J connectivity index is 2.35. The van der Waals surface area contributed by atoms with Crippen molar-refractivity contribution < 1.29 is 14.7 Å². The molecule has 0 saturated heterocycles. The van der Waals surface area contributed by atoms with Crippen LogP contribution < -0.4 is 5.32 Å². The minimum atomic E-state index is -1.21. The van der Waals surface area contributed by atoms with Crippen molar-refractivity contribution in [2.45, 2.75) is 0 Å². The Hall–Kier alpha value is -2.18. The third-order valence-corrected chi connectivity index (χ3v) is 2.82. The van der Waals surface area contributed by atoms with Gasteiger partial charge >= 0.3 is 5.97 Å². The summed E-state index contributed by atoms with van der Waals surface area (Å²) in [5.41, 5.74) is -0.178. The van der Waals surface area contributed by atoms with Gasteiger partial charge in [0.1, 0.15) is 10.8 Å². The monoisotopic (exact) mass is 311 g/mol. The standard InChI is InChI=1S/C12H7Cl2N3O3/c13-7-3-1-2-6(12(19)20)10(7)17-11(18)8-4-15-5-9(14)16-8/h1-5H,(H,17,18)(H,19,20). The van der Waals surface area contributed by atoms with Crippen molar-refractivity contribution in [3.63, 3.8) is 0 Å². The minimum absolute atomic E-state index is 0.00607. The minimum Gasteiger partial charge on any atom is -0.478 e. The number of benzene rings is 1. The molecule has 0 atom stereocenters. The number of halogens is 2. The average Bonchev–Trinajstić information content (AvgIpc) is 2.40. The van der Waals surface area contributed by atoms with E-state index < -0.39 is 11.9 Å². The summed E-state index contributed by atoms with van der Waals surface area (Å²) in [5, 5.41) is 11.6. The molecule has 0 aliphatic rings. The normalized spacial score (nSPS) is 10.1. The van der Waals surface area contributed by atoms with Crippen LogP contribution >= 0.6 is 23.2 Å². The third-order valence-electron chi connectivity index (χ3n) is 2.32. The molecule has 102 valence electrons. The average molecular weight is 312 g/mol. The van der Waals surface area contributed by atoms with Crippen LogP contribution in [0.3, 0.4) is 0 Å². The van der Waals surface area contributed by atoms with Crippen LogP contribution in [0.4, 0.5) is 5.69 Å². The van der Waals surface area contributed by atoms with Crippen LogP contribution in [-0.4, -0.2) is 27.0 Å². The molecule has 0 aliphatic carbocycles. The van der Waals surface area contributed by atoms with Crippen LogP contribution in [0.25, 0.3) is 0 Å². The zero-order valence-corrected chi connectivity index (χ0v) is 11.3. The highest BCUT2D eigenvalue weighted by Gasteiger charge is 2.17. The quantitative estimate of drug-likeness (QED) is 0.909. The number of aromatic nitrogens is 2. The van der Waals surface area contributed by atoms with Crippen LogP contribution in [0.1, 0.15) is 20.8 Å². The largest absolute Gasteiger partial charge is 0.478 e. The summed E-state index contributed by atoms with van der Waals surface area (Å²) in [6, 6.07) is 4.27. The second-order valence-corrected chi connectivity index (χ2v) is 4.44. The Kier molecular flexibility index (Phi) is 4.16. The number of hydrogen-bond donors (Lipinski definition) is 2. The van der Waals surface area contributed by atoms with E-state index in [1.165, 1.54) is 30.6 Å². The number of rotatable bonds is 3. The van der Waals surface area contributed by atoms with Crippen molar-refractivity contribution in [3.8, 4) is 0 Å². The lowest BCUT2D eigenvalue weighted by atomic mass is 10.1. The van der Waals surface area contributed by atoms with Gasteiger partial charge in [-0.2, -0.15) is 0 Å². The number of nitrogens with one attached hydrogen (secondary N) is 1. The van der Waals surface area contributed by atoms with E-state index in [1.807, 2.05) is 0 Å². The molecule has 1 amide bonds. The summed E-state index contributed by atoms with van der Waals surface area (Å²) >= 11 is 11.5. The Bertz CT molecular complexity index is 691. The van der Waals surface area contributed by atoms with Gasteiger partial charge in [0.15, 0.2) is 0 Å². The number of carbonyl (C=O) groups excluding carboxylic acids is 1. The summed E-state index contributed by atoms with van der Waals surface area (Å²) in [7, 11) is 0. The van der Waals surface area contributed by atoms with Gasteiger partial charge in [-0.3, -0.25) is 9.78 Å². The Labute approximate surface area is 123 Å². The van der Waals surface area contributed by atoms with E-state index in [4.69, 9.17) is 28.3 Å². The molecule has 0 radical (unpaired) electrons. The number of anilines is 1. The summed E-state index contributed by atoms with van der Waals surface area (Å²) in [5.74, 6) is -1.87. The molecule has 2 N–H and O–H groups in total. The van der Waals surface area contributed by atoms with Crippen molar-refractivity contribution in [1.29, 1.82) is 0 Å².